The van der Waals surface area contributed by atoms with Crippen molar-refractivity contribution in [1.29, 1.82) is 0 Å². The largest absolute Gasteiger partial charge is 0.444 e. The van der Waals surface area contributed by atoms with Crippen molar-refractivity contribution < 1.29 is 23.9 Å². The third-order valence-corrected chi connectivity index (χ3v) is 6.17. The number of hydrogen-bond acceptors (Lipinski definition) is 10. The van der Waals surface area contributed by atoms with E-state index in [0.29, 0.717) is 50.6 Å². The Morgan fingerprint density at radius 3 is 2.47 bits per heavy atom. The second-order valence-corrected chi connectivity index (χ2v) is 10.4. The molecule has 0 bridgehead atoms. The first-order valence-corrected chi connectivity index (χ1v) is 12.8. The minimum Gasteiger partial charge on any atom is -0.444 e. The predicted octanol–water partition coefficient (Wildman–Crippen LogP) is 0.687. The van der Waals surface area contributed by atoms with Crippen LogP contribution in [0, 0.1) is 0 Å². The van der Waals surface area contributed by atoms with E-state index in [2.05, 4.69) is 26.2 Å². The summed E-state index contributed by atoms with van der Waals surface area (Å²) in [6.45, 7) is 8.77. The zero-order chi connectivity index (χ0) is 27.3. The summed E-state index contributed by atoms with van der Waals surface area (Å²) in [6.07, 6.45) is 0.646. The van der Waals surface area contributed by atoms with Crippen LogP contribution < -0.4 is 21.8 Å². The minimum atomic E-state index is -0.741. The van der Waals surface area contributed by atoms with Gasteiger partial charge in [0.25, 0.3) is 11.8 Å². The molecule has 0 aromatic heterocycles. The highest BCUT2D eigenvalue weighted by molar-refractivity contribution is 6.68. The van der Waals surface area contributed by atoms with Gasteiger partial charge in [-0.15, -0.1) is 0 Å². The van der Waals surface area contributed by atoms with Gasteiger partial charge in [-0.1, -0.05) is 0 Å². The Hall–Kier alpha value is -3.71. The summed E-state index contributed by atoms with van der Waals surface area (Å²) in [6, 6.07) is 6.84. The molecule has 2 saturated heterocycles. The average Bonchev–Trinajstić information content (AvgIpc) is 2.88. The maximum Gasteiger partial charge on any atom is 0.410 e. The zero-order valence-electron chi connectivity index (χ0n) is 22.0. The van der Waals surface area contributed by atoms with Gasteiger partial charge in [-0.05, 0) is 57.9 Å². The molecular weight excluding hydrogens is 492 g/mol. The van der Waals surface area contributed by atoms with Crippen LogP contribution in [-0.4, -0.2) is 96.6 Å². The van der Waals surface area contributed by atoms with E-state index in [9.17, 15) is 14.4 Å². The Labute approximate surface area is 221 Å². The zero-order valence-corrected chi connectivity index (χ0v) is 22.0. The quantitative estimate of drug-likeness (QED) is 0.434. The number of ether oxygens (including phenoxy) is 2. The molecule has 3 aliphatic rings. The van der Waals surface area contributed by atoms with Gasteiger partial charge in [0.05, 0.1) is 13.2 Å². The van der Waals surface area contributed by atoms with E-state index < -0.39 is 17.8 Å². The van der Waals surface area contributed by atoms with Crippen LogP contribution in [0.2, 0.25) is 0 Å². The van der Waals surface area contributed by atoms with E-state index in [1.165, 1.54) is 0 Å². The van der Waals surface area contributed by atoms with Crippen molar-refractivity contribution in [2.75, 3.05) is 44.7 Å². The van der Waals surface area contributed by atoms with Gasteiger partial charge >= 0.3 is 6.09 Å². The van der Waals surface area contributed by atoms with E-state index in [-0.39, 0.29) is 29.6 Å². The highest BCUT2D eigenvalue weighted by atomic mass is 16.6. The summed E-state index contributed by atoms with van der Waals surface area (Å²) >= 11 is 0. The first-order valence-electron chi connectivity index (χ1n) is 12.8. The number of carbonyl (C=O) groups is 3. The fraction of sp³-hybridized carbons (Fsp3) is 0.560. The molecule has 0 radical (unpaired) electrons. The third-order valence-electron chi connectivity index (χ3n) is 6.17. The van der Waals surface area contributed by atoms with E-state index >= 15 is 0 Å². The van der Waals surface area contributed by atoms with Crippen molar-refractivity contribution >= 4 is 35.1 Å². The summed E-state index contributed by atoms with van der Waals surface area (Å²) in [4.78, 5) is 45.2. The summed E-state index contributed by atoms with van der Waals surface area (Å²) < 4.78 is 10.8. The molecule has 13 heteroatoms. The topological polar surface area (TPSA) is 163 Å². The molecule has 3 heterocycles. The number of likely N-dealkylation sites (tertiary alicyclic amines) is 1. The van der Waals surface area contributed by atoms with Gasteiger partial charge in [-0.3, -0.25) is 20.3 Å². The van der Waals surface area contributed by atoms with Crippen LogP contribution in [0.1, 0.15) is 44.0 Å². The fourth-order valence-electron chi connectivity index (χ4n) is 4.35. The lowest BCUT2D eigenvalue weighted by atomic mass is 10.1. The predicted molar refractivity (Wildman–Crippen MR) is 142 cm³/mol. The Morgan fingerprint density at radius 1 is 1.11 bits per heavy atom. The van der Waals surface area contributed by atoms with Crippen LogP contribution in [-0.2, 0) is 14.3 Å². The molecule has 0 saturated carbocycles. The molecule has 2 atom stereocenters. The van der Waals surface area contributed by atoms with Crippen molar-refractivity contribution in [3.63, 3.8) is 0 Å². The molecule has 1 aromatic rings. The number of hydrogen-bond donors (Lipinski definition) is 4. The Kier molecular flexibility index (Phi) is 8.47. The number of piperidine rings is 1. The summed E-state index contributed by atoms with van der Waals surface area (Å²) in [5, 5.41) is 10.5. The normalized spacial score (nSPS) is 22.1. The number of hydrazone groups is 1. The van der Waals surface area contributed by atoms with Gasteiger partial charge in [-0.2, -0.15) is 5.10 Å². The lowest BCUT2D eigenvalue weighted by Crippen LogP contribution is -2.56. The second-order valence-electron chi connectivity index (χ2n) is 10.4. The first kappa shape index (κ1) is 27.3. The molecule has 3 amide bonds. The lowest BCUT2D eigenvalue weighted by molar-refractivity contribution is -0.111. The van der Waals surface area contributed by atoms with Crippen molar-refractivity contribution in [2.45, 2.75) is 51.5 Å². The number of carbonyl (C=O) groups excluding carboxylic acids is 3. The van der Waals surface area contributed by atoms with E-state index in [4.69, 9.17) is 15.2 Å². The van der Waals surface area contributed by atoms with Crippen LogP contribution in [0.4, 0.5) is 10.5 Å². The molecule has 0 spiro atoms. The smallest absolute Gasteiger partial charge is 0.410 e. The van der Waals surface area contributed by atoms with Crippen molar-refractivity contribution in [2.24, 2.45) is 15.8 Å². The number of nitrogens with two attached hydrogens (primary N) is 1. The maximum atomic E-state index is 12.7. The molecule has 38 heavy (non-hydrogen) atoms. The number of nitrogens with one attached hydrogen (secondary N) is 3. The first-order chi connectivity index (χ1) is 18.1. The molecule has 4 rings (SSSR count). The molecule has 0 aliphatic carbocycles. The minimum absolute atomic E-state index is 0.0458. The van der Waals surface area contributed by atoms with E-state index in [1.54, 1.807) is 34.1 Å². The fourth-order valence-corrected chi connectivity index (χ4v) is 4.35. The maximum absolute atomic E-state index is 12.7. The van der Waals surface area contributed by atoms with Gasteiger partial charge in [0.15, 0.2) is 17.8 Å². The standard InChI is InChI=1S/C25H36N8O5/c1-25(2,3)38-24(36)33-10-4-5-18(15-33)28-23-29-21(19(20(26)34)30-31-23)27-17-8-6-16(7-9-17)22(35)32-11-13-37-14-12-32/h6-9,18,23,28,31H,4-5,10-15H2,1-3H3,(H2,26,34)(H,27,29)/t18-,23?/m1/s1. The number of aliphatic imine (C=N–C) groups is 1. The third kappa shape index (κ3) is 7.19. The van der Waals surface area contributed by atoms with Crippen LogP contribution in [0.3, 0.4) is 0 Å². The van der Waals surface area contributed by atoms with Crippen LogP contribution in [0.25, 0.3) is 0 Å². The monoisotopic (exact) mass is 528 g/mol. The number of benzene rings is 1. The highest BCUT2D eigenvalue weighted by Crippen LogP contribution is 2.17. The number of nitrogens with zero attached hydrogens (tertiary/aromatic N) is 4. The number of amides is 3. The van der Waals surface area contributed by atoms with Gasteiger partial charge in [-0.25, -0.2) is 9.79 Å². The van der Waals surface area contributed by atoms with Crippen LogP contribution >= 0.6 is 0 Å². The Morgan fingerprint density at radius 2 is 1.82 bits per heavy atom. The molecular formula is C25H36N8O5. The number of amidine groups is 1. The Bertz CT molecular complexity index is 1090. The van der Waals surface area contributed by atoms with Crippen molar-refractivity contribution in [3.05, 3.63) is 29.8 Å². The van der Waals surface area contributed by atoms with Crippen LogP contribution in [0.5, 0.6) is 0 Å². The molecule has 1 aromatic carbocycles. The number of anilines is 1. The summed E-state index contributed by atoms with van der Waals surface area (Å²) in [5.41, 5.74) is 8.89. The lowest BCUT2D eigenvalue weighted by Gasteiger charge is -2.36. The molecule has 1 unspecified atom stereocenters. The summed E-state index contributed by atoms with van der Waals surface area (Å²) in [5.74, 6) is -0.605. The van der Waals surface area contributed by atoms with Crippen molar-refractivity contribution in [1.82, 2.24) is 20.5 Å². The van der Waals surface area contributed by atoms with Gasteiger partial charge in [0.1, 0.15) is 5.60 Å². The number of primary amides is 1. The molecule has 13 nitrogen and oxygen atoms in total. The molecule has 3 aliphatic heterocycles. The number of rotatable bonds is 5. The average molecular weight is 529 g/mol. The van der Waals surface area contributed by atoms with Crippen LogP contribution in [0.15, 0.2) is 34.4 Å². The van der Waals surface area contributed by atoms with E-state index in [1.807, 2.05) is 20.8 Å². The molecule has 206 valence electrons. The summed E-state index contributed by atoms with van der Waals surface area (Å²) in [7, 11) is 0. The van der Waals surface area contributed by atoms with Gasteiger partial charge < -0.3 is 30.3 Å². The van der Waals surface area contributed by atoms with Gasteiger partial charge in [0.2, 0.25) is 0 Å². The molecule has 5 N–H and O–H groups in total. The SMILES string of the molecule is CC(C)(C)OC(=O)N1CCC[C@@H](NC2N=C(Nc3ccc(C(=O)N4CCOCC4)cc3)C(C(N)=O)=NN2)C1. The van der Waals surface area contributed by atoms with Gasteiger partial charge in [0, 0.05) is 43.5 Å². The highest BCUT2D eigenvalue weighted by Gasteiger charge is 2.30. The second kappa shape index (κ2) is 11.8. The Balaban J connectivity index is 1.40. The van der Waals surface area contributed by atoms with E-state index in [0.717, 1.165) is 12.8 Å². The number of morpholine rings is 1. The molecule has 2 fully saturated rings. The van der Waals surface area contributed by atoms with Crippen molar-refractivity contribution in [3.8, 4) is 0 Å².